The molecule has 5 N–H and O–H groups in total. The molecular weight excluding hydrogens is 1090 g/mol. The zero-order valence-electron chi connectivity index (χ0n) is 51.6. The number of H-pyrrole nitrogens is 1. The molecule has 7 aromatic rings. The van der Waals surface area contributed by atoms with Crippen molar-refractivity contribution in [2.24, 2.45) is 5.73 Å². The Morgan fingerprint density at radius 2 is 1.46 bits per heavy atom. The maximum atomic E-state index is 14.0. The van der Waals surface area contributed by atoms with Crippen molar-refractivity contribution in [3.8, 4) is 11.5 Å². The quantitative estimate of drug-likeness (QED) is 0.0192. The van der Waals surface area contributed by atoms with Crippen molar-refractivity contribution in [3.05, 3.63) is 165 Å². The van der Waals surface area contributed by atoms with Crippen LogP contribution in [0.2, 0.25) is 18.1 Å². The maximum Gasteiger partial charge on any atom is 0.514 e. The number of rotatable bonds is 24. The lowest BCUT2D eigenvalue weighted by Gasteiger charge is -2.41. The summed E-state index contributed by atoms with van der Waals surface area (Å²) in [5.41, 5.74) is 12.4. The molecule has 0 saturated carbocycles. The van der Waals surface area contributed by atoms with Gasteiger partial charge in [0.15, 0.2) is 14.1 Å². The molecule has 0 aliphatic carbocycles. The SMILES string of the molecule is COc1cccc(Nc2c(C(N)=O)cnc3c(C)cc(Cc4cccc(C(=O)Nc5ccc(CCOCCCCCCN(C[C@H](O[Si](C)(C)C(C)(C)C)c6ccc(OC(=O)OC(C)(C)C)c7[nH]c(=O)ccc67)C(=O)OC(C)(C)C)cc5)c4)cc23)c1. The number of carbonyl (C=O) groups is 4. The molecule has 0 saturated heterocycles. The average Bonchev–Trinajstić information content (AvgIpc) is 1.56. The minimum atomic E-state index is -2.49. The summed E-state index contributed by atoms with van der Waals surface area (Å²) in [5, 5.41) is 7.60. The molecular formula is C67H84N6O11Si. The van der Waals surface area contributed by atoms with Gasteiger partial charge in [0.2, 0.25) is 5.56 Å². The Hall–Kier alpha value is -8.06. The van der Waals surface area contributed by atoms with Crippen LogP contribution in [-0.4, -0.2) is 91.9 Å². The smallest absolute Gasteiger partial charge is 0.497 e. The van der Waals surface area contributed by atoms with Crippen molar-refractivity contribution in [3.63, 3.8) is 0 Å². The number of nitrogens with zero attached hydrogens (tertiary/aromatic N) is 2. The van der Waals surface area contributed by atoms with E-state index in [1.54, 1.807) is 51.0 Å². The molecule has 3 amide bonds. The van der Waals surface area contributed by atoms with Crippen molar-refractivity contribution in [2.75, 3.05) is 44.0 Å². The third kappa shape index (κ3) is 18.2. The highest BCUT2D eigenvalue weighted by Gasteiger charge is 2.41. The second-order valence-electron chi connectivity index (χ2n) is 25.0. The van der Waals surface area contributed by atoms with E-state index >= 15 is 0 Å². The minimum Gasteiger partial charge on any atom is -0.497 e. The molecule has 1 atom stereocenters. The molecule has 0 radical (unpaired) electrons. The van der Waals surface area contributed by atoms with Crippen molar-refractivity contribution in [2.45, 2.75) is 143 Å². The first kappa shape index (κ1) is 64.5. The number of benzene rings is 5. The Balaban J connectivity index is 0.913. The highest BCUT2D eigenvalue weighted by molar-refractivity contribution is 6.74. The van der Waals surface area contributed by atoms with E-state index in [2.05, 4.69) is 60.5 Å². The summed E-state index contributed by atoms with van der Waals surface area (Å²) in [6.07, 6.45) is 4.05. The Labute approximate surface area is 500 Å². The van der Waals surface area contributed by atoms with Gasteiger partial charge in [-0.1, -0.05) is 76.1 Å². The molecule has 18 heteroatoms. The molecule has 0 aliphatic heterocycles. The van der Waals surface area contributed by atoms with E-state index in [1.165, 1.54) is 12.3 Å². The zero-order chi connectivity index (χ0) is 61.9. The molecule has 0 spiro atoms. The number of aromatic nitrogens is 2. The number of nitrogens with one attached hydrogen (secondary N) is 3. The van der Waals surface area contributed by atoms with Crippen LogP contribution in [0.15, 0.2) is 120 Å². The summed E-state index contributed by atoms with van der Waals surface area (Å²) < 4.78 is 35.7. The Kier molecular flexibility index (Phi) is 21.1. The number of aryl methyl sites for hydroxylation is 1. The fraction of sp³-hybridized carbons (Fsp3) is 0.403. The van der Waals surface area contributed by atoms with E-state index in [4.69, 9.17) is 33.8 Å². The van der Waals surface area contributed by atoms with Crippen LogP contribution in [0.4, 0.5) is 26.7 Å². The van der Waals surface area contributed by atoms with Crippen LogP contribution in [0, 0.1) is 6.92 Å². The van der Waals surface area contributed by atoms with E-state index in [1.807, 2.05) is 107 Å². The van der Waals surface area contributed by atoms with Gasteiger partial charge >= 0.3 is 12.2 Å². The van der Waals surface area contributed by atoms with Crippen LogP contribution in [-0.2, 0) is 31.5 Å². The van der Waals surface area contributed by atoms with Gasteiger partial charge in [-0.3, -0.25) is 19.4 Å². The van der Waals surface area contributed by atoms with Crippen molar-refractivity contribution in [1.82, 2.24) is 14.9 Å². The van der Waals surface area contributed by atoms with E-state index < -0.39 is 43.8 Å². The first-order chi connectivity index (χ1) is 40.1. The van der Waals surface area contributed by atoms with E-state index in [9.17, 15) is 24.0 Å². The lowest BCUT2D eigenvalue weighted by Crippen LogP contribution is -2.46. The zero-order valence-corrected chi connectivity index (χ0v) is 52.6. The number of unbranched alkanes of at least 4 members (excludes halogenated alkanes) is 3. The monoisotopic (exact) mass is 1180 g/mol. The summed E-state index contributed by atoms with van der Waals surface area (Å²) in [5.74, 6) is -0.0355. The van der Waals surface area contributed by atoms with Gasteiger partial charge in [0.25, 0.3) is 11.8 Å². The number of hydrogen-bond acceptors (Lipinski definition) is 13. The average molecular weight is 1180 g/mol. The molecule has 5 aromatic carbocycles. The number of anilines is 3. The van der Waals surface area contributed by atoms with Crippen molar-refractivity contribution in [1.29, 1.82) is 0 Å². The topological polar surface area (TPSA) is 223 Å². The van der Waals surface area contributed by atoms with Crippen LogP contribution in [0.25, 0.3) is 21.8 Å². The molecule has 0 fully saturated rings. The number of nitrogens with two attached hydrogens (primary N) is 1. The first-order valence-electron chi connectivity index (χ1n) is 29.0. The van der Waals surface area contributed by atoms with E-state index in [0.717, 1.165) is 63.7 Å². The van der Waals surface area contributed by atoms with Gasteiger partial charge in [-0.05, 0) is 175 Å². The molecule has 452 valence electrons. The van der Waals surface area contributed by atoms with E-state index in [-0.39, 0.29) is 34.4 Å². The maximum absolute atomic E-state index is 14.0. The number of fused-ring (bicyclic) bond motifs is 2. The molecule has 17 nitrogen and oxygen atoms in total. The summed E-state index contributed by atoms with van der Waals surface area (Å²) in [4.78, 5) is 74.9. The number of amides is 3. The summed E-state index contributed by atoms with van der Waals surface area (Å²) >= 11 is 0. The predicted molar refractivity (Wildman–Crippen MR) is 338 cm³/mol. The number of pyridine rings is 2. The Morgan fingerprint density at radius 3 is 2.15 bits per heavy atom. The lowest BCUT2D eigenvalue weighted by molar-refractivity contribution is 0.0150. The Morgan fingerprint density at radius 1 is 0.741 bits per heavy atom. The highest BCUT2D eigenvalue weighted by atomic mass is 28.4. The van der Waals surface area contributed by atoms with Crippen LogP contribution in [0.1, 0.15) is 143 Å². The van der Waals surface area contributed by atoms with Gasteiger partial charge in [0, 0.05) is 59.2 Å². The predicted octanol–water partition coefficient (Wildman–Crippen LogP) is 14.5. The number of primary amides is 1. The summed E-state index contributed by atoms with van der Waals surface area (Å²) in [7, 11) is -0.897. The largest absolute Gasteiger partial charge is 0.514 e. The van der Waals surface area contributed by atoms with Crippen LogP contribution in [0.5, 0.6) is 11.5 Å². The Bertz CT molecular complexity index is 3560. The number of aromatic amines is 1. The first-order valence-corrected chi connectivity index (χ1v) is 31.9. The number of methoxy groups -OCH3 is 1. The second kappa shape index (κ2) is 27.8. The van der Waals surface area contributed by atoms with Crippen LogP contribution < -0.4 is 31.4 Å². The summed E-state index contributed by atoms with van der Waals surface area (Å²) in [6.45, 7) is 25.2. The van der Waals surface area contributed by atoms with Crippen molar-refractivity contribution < 1.29 is 47.3 Å². The second-order valence-corrected chi connectivity index (χ2v) is 29.8. The van der Waals surface area contributed by atoms with Crippen molar-refractivity contribution >= 4 is 71.2 Å². The molecule has 0 aliphatic rings. The van der Waals surface area contributed by atoms with Gasteiger partial charge in [0.1, 0.15) is 17.0 Å². The summed E-state index contributed by atoms with van der Waals surface area (Å²) in [6, 6.07) is 33.4. The van der Waals surface area contributed by atoms with Gasteiger partial charge in [-0.25, -0.2) is 9.59 Å². The lowest BCUT2D eigenvalue weighted by atomic mass is 9.97. The molecule has 2 heterocycles. The molecule has 2 aromatic heterocycles. The normalized spacial score (nSPS) is 12.4. The molecule has 0 bridgehead atoms. The van der Waals surface area contributed by atoms with Crippen LogP contribution in [0.3, 0.4) is 0 Å². The van der Waals surface area contributed by atoms with E-state index in [0.29, 0.717) is 72.6 Å². The fourth-order valence-corrected chi connectivity index (χ4v) is 10.7. The van der Waals surface area contributed by atoms with Crippen LogP contribution >= 0.6 is 0 Å². The molecule has 85 heavy (non-hydrogen) atoms. The standard InChI is InChI=1S/C67H84N6O11Si/c1-43-36-46(39-53-58(43)69-41-54(61(68)75)59(53)70-49-22-19-23-50(40-49)79-11)37-45-20-18-21-47(38-45)62(76)71-48-26-24-44(25-27-48)32-35-80-34-17-15-14-16-33-73(63(77)82-65(2,3)4)42-56(84-85(12,13)67(8,9)10)51-28-30-55(81-64(78)83-66(5,6)7)60-52(51)29-31-57(74)72-60/h18-31,36,38-41,56H,14-17,32-35,37,42H2,1-13H3,(H2,68,75)(H,69,70)(H,71,76)(H,72,74)/t56-/m0/s1. The number of hydrogen-bond donors (Lipinski definition) is 4. The van der Waals surface area contributed by atoms with Gasteiger partial charge in [0.05, 0.1) is 48.6 Å². The highest BCUT2D eigenvalue weighted by Crippen LogP contribution is 2.42. The fourth-order valence-electron chi connectivity index (χ4n) is 9.48. The molecule has 0 unspecified atom stereocenters. The third-order valence-corrected chi connectivity index (χ3v) is 19.2. The van der Waals surface area contributed by atoms with Gasteiger partial charge in [-0.15, -0.1) is 0 Å². The third-order valence-electron chi connectivity index (χ3n) is 14.7. The van der Waals surface area contributed by atoms with Gasteiger partial charge in [-0.2, -0.15) is 0 Å². The molecule has 7 rings (SSSR count). The minimum absolute atomic E-state index is 0.130. The number of ether oxygens (including phenoxy) is 5. The number of carbonyl (C=O) groups excluding carboxylic acids is 4. The van der Waals surface area contributed by atoms with Gasteiger partial charge < -0.3 is 54.4 Å².